The zero-order valence-electron chi connectivity index (χ0n) is 20.7. The molecule has 3 N–H and O–H groups in total. The number of rotatable bonds is 8. The topological polar surface area (TPSA) is 131 Å². The van der Waals surface area contributed by atoms with Gasteiger partial charge >= 0.3 is 12.1 Å². The number of carbonyl (C=O) groups is 3. The fourth-order valence-corrected chi connectivity index (χ4v) is 3.34. The molecule has 0 bridgehead atoms. The molecular formula is C27H30N4O5. The van der Waals surface area contributed by atoms with Crippen LogP contribution in [0.5, 0.6) is 0 Å². The van der Waals surface area contributed by atoms with E-state index in [1.807, 2.05) is 42.5 Å². The Morgan fingerprint density at radius 1 is 1.03 bits per heavy atom. The van der Waals surface area contributed by atoms with Gasteiger partial charge < -0.3 is 20.5 Å². The molecule has 1 aromatic heterocycles. The Morgan fingerprint density at radius 2 is 1.69 bits per heavy atom. The molecule has 1 heterocycles. The summed E-state index contributed by atoms with van der Waals surface area (Å²) in [6, 6.07) is 15.6. The molecule has 0 radical (unpaired) electrons. The van der Waals surface area contributed by atoms with Crippen LogP contribution in [-0.4, -0.2) is 45.6 Å². The average Bonchev–Trinajstić information content (AvgIpc) is 2.85. The Bertz CT molecular complexity index is 1220. The van der Waals surface area contributed by atoms with E-state index < -0.39 is 24.0 Å². The highest BCUT2D eigenvalue weighted by Gasteiger charge is 2.23. The molecule has 0 aliphatic rings. The fourth-order valence-electron chi connectivity index (χ4n) is 3.34. The normalized spacial score (nSPS) is 11.9. The summed E-state index contributed by atoms with van der Waals surface area (Å²) in [7, 11) is 0. The van der Waals surface area contributed by atoms with Gasteiger partial charge in [0, 0.05) is 11.8 Å². The largest absolute Gasteiger partial charge is 0.480 e. The van der Waals surface area contributed by atoms with Crippen molar-refractivity contribution in [1.29, 1.82) is 0 Å². The third-order valence-corrected chi connectivity index (χ3v) is 5.50. The van der Waals surface area contributed by atoms with Gasteiger partial charge in [-0.2, -0.15) is 0 Å². The van der Waals surface area contributed by atoms with Crippen molar-refractivity contribution in [2.45, 2.75) is 45.8 Å². The van der Waals surface area contributed by atoms with E-state index in [2.05, 4.69) is 41.4 Å². The molecule has 2 amide bonds. The van der Waals surface area contributed by atoms with Gasteiger partial charge in [-0.15, -0.1) is 0 Å². The molecule has 0 saturated heterocycles. The minimum absolute atomic E-state index is 0.0193. The quantitative estimate of drug-likeness (QED) is 0.437. The average molecular weight is 491 g/mol. The molecule has 3 aromatic rings. The first-order valence-corrected chi connectivity index (χ1v) is 11.5. The minimum Gasteiger partial charge on any atom is -0.480 e. The zero-order chi connectivity index (χ0) is 26.3. The van der Waals surface area contributed by atoms with Crippen LogP contribution in [-0.2, 0) is 21.6 Å². The van der Waals surface area contributed by atoms with Crippen LogP contribution < -0.4 is 10.6 Å². The molecule has 3 rings (SSSR count). The number of carboxylic acids is 1. The van der Waals surface area contributed by atoms with Crippen LogP contribution >= 0.6 is 0 Å². The van der Waals surface area contributed by atoms with Crippen molar-refractivity contribution in [3.8, 4) is 11.4 Å². The number of nitrogens with one attached hydrogen (secondary N) is 2. The Morgan fingerprint density at radius 3 is 2.28 bits per heavy atom. The standard InChI is InChI=1S/C27H30N4O5/c1-17-21(14-28-23(30-17)19-10-12-20(13-11-19)27(2,3)4)24(32)31-22(25(33)34)15-29-26(35)36-16-18-8-6-5-7-9-18/h5-14,22H,15-16H2,1-4H3,(H,29,35)(H,31,32)(H,33,34). The summed E-state index contributed by atoms with van der Waals surface area (Å²) < 4.78 is 5.07. The fraction of sp³-hybridized carbons (Fsp3) is 0.296. The van der Waals surface area contributed by atoms with E-state index in [1.54, 1.807) is 19.1 Å². The molecule has 36 heavy (non-hydrogen) atoms. The molecule has 0 aliphatic heterocycles. The summed E-state index contributed by atoms with van der Waals surface area (Å²) >= 11 is 0. The first-order chi connectivity index (χ1) is 17.0. The highest BCUT2D eigenvalue weighted by atomic mass is 16.5. The molecule has 0 saturated carbocycles. The Labute approximate surface area is 209 Å². The number of carbonyl (C=O) groups excluding carboxylic acids is 2. The van der Waals surface area contributed by atoms with Crippen LogP contribution in [0.25, 0.3) is 11.4 Å². The highest BCUT2D eigenvalue weighted by molar-refractivity contribution is 5.97. The molecule has 9 nitrogen and oxygen atoms in total. The molecule has 0 aliphatic carbocycles. The van der Waals surface area contributed by atoms with Crippen molar-refractivity contribution in [3.05, 3.63) is 83.2 Å². The van der Waals surface area contributed by atoms with Gasteiger partial charge in [-0.05, 0) is 23.5 Å². The maximum absolute atomic E-state index is 12.7. The molecule has 1 atom stereocenters. The number of ether oxygens (including phenoxy) is 1. The van der Waals surface area contributed by atoms with E-state index in [4.69, 9.17) is 4.74 Å². The van der Waals surface area contributed by atoms with Crippen LogP contribution in [0, 0.1) is 6.92 Å². The molecular weight excluding hydrogens is 460 g/mol. The van der Waals surface area contributed by atoms with Crippen molar-refractivity contribution in [2.24, 2.45) is 0 Å². The number of amides is 2. The van der Waals surface area contributed by atoms with Gasteiger partial charge in [0.05, 0.1) is 17.8 Å². The predicted molar refractivity (Wildman–Crippen MR) is 134 cm³/mol. The third kappa shape index (κ3) is 7.11. The van der Waals surface area contributed by atoms with Gasteiger partial charge in [-0.3, -0.25) is 4.79 Å². The summed E-state index contributed by atoms with van der Waals surface area (Å²) in [4.78, 5) is 45.0. The molecule has 0 fully saturated rings. The van der Waals surface area contributed by atoms with Crippen molar-refractivity contribution in [2.75, 3.05) is 6.54 Å². The van der Waals surface area contributed by atoms with E-state index in [0.717, 1.165) is 11.1 Å². The Hall–Kier alpha value is -4.27. The molecule has 188 valence electrons. The second-order valence-corrected chi connectivity index (χ2v) is 9.33. The molecule has 0 spiro atoms. The summed E-state index contributed by atoms with van der Waals surface area (Å²) in [6.45, 7) is 7.72. The SMILES string of the molecule is Cc1nc(-c2ccc(C(C)(C)C)cc2)ncc1C(=O)NC(CNC(=O)OCc1ccccc1)C(=O)O. The van der Waals surface area contributed by atoms with E-state index in [9.17, 15) is 19.5 Å². The monoisotopic (exact) mass is 490 g/mol. The Kier molecular flexibility index (Phi) is 8.37. The minimum atomic E-state index is -1.37. The number of aliphatic carboxylic acids is 1. The van der Waals surface area contributed by atoms with Crippen LogP contribution in [0.15, 0.2) is 60.8 Å². The number of alkyl carbamates (subject to hydrolysis) is 1. The number of aromatic nitrogens is 2. The van der Waals surface area contributed by atoms with Gasteiger partial charge in [0.2, 0.25) is 0 Å². The van der Waals surface area contributed by atoms with Crippen LogP contribution in [0.1, 0.15) is 48.0 Å². The van der Waals surface area contributed by atoms with Gasteiger partial charge in [0.15, 0.2) is 5.82 Å². The lowest BCUT2D eigenvalue weighted by molar-refractivity contribution is -0.139. The summed E-state index contributed by atoms with van der Waals surface area (Å²) in [6.07, 6.45) is 0.575. The maximum Gasteiger partial charge on any atom is 0.407 e. The summed E-state index contributed by atoms with van der Waals surface area (Å²) in [5, 5.41) is 14.3. The second-order valence-electron chi connectivity index (χ2n) is 9.33. The van der Waals surface area contributed by atoms with Gasteiger partial charge in [-0.25, -0.2) is 19.6 Å². The molecule has 2 aromatic carbocycles. The molecule has 1 unspecified atom stereocenters. The van der Waals surface area contributed by atoms with Gasteiger partial charge in [-0.1, -0.05) is 75.4 Å². The Balaban J connectivity index is 1.60. The second kappa shape index (κ2) is 11.4. The lowest BCUT2D eigenvalue weighted by atomic mass is 9.87. The number of carboxylic acid groups (broad SMARTS) is 1. The van der Waals surface area contributed by atoms with Crippen molar-refractivity contribution < 1.29 is 24.2 Å². The summed E-state index contributed by atoms with van der Waals surface area (Å²) in [5.74, 6) is -1.50. The number of nitrogens with zero attached hydrogens (tertiary/aromatic N) is 2. The van der Waals surface area contributed by atoms with Crippen LogP contribution in [0.4, 0.5) is 4.79 Å². The van der Waals surface area contributed by atoms with E-state index in [0.29, 0.717) is 11.5 Å². The third-order valence-electron chi connectivity index (χ3n) is 5.50. The van der Waals surface area contributed by atoms with Crippen molar-refractivity contribution in [1.82, 2.24) is 20.6 Å². The van der Waals surface area contributed by atoms with E-state index >= 15 is 0 Å². The van der Waals surface area contributed by atoms with Gasteiger partial charge in [0.1, 0.15) is 12.6 Å². The van der Waals surface area contributed by atoms with Crippen molar-refractivity contribution >= 4 is 18.0 Å². The van der Waals surface area contributed by atoms with Gasteiger partial charge in [0.25, 0.3) is 5.91 Å². The lowest BCUT2D eigenvalue weighted by Crippen LogP contribution is -2.48. The predicted octanol–water partition coefficient (Wildman–Crippen LogP) is 3.86. The maximum atomic E-state index is 12.7. The highest BCUT2D eigenvalue weighted by Crippen LogP contribution is 2.25. The van der Waals surface area contributed by atoms with Crippen molar-refractivity contribution in [3.63, 3.8) is 0 Å². The van der Waals surface area contributed by atoms with E-state index in [-0.39, 0.29) is 24.1 Å². The first-order valence-electron chi connectivity index (χ1n) is 11.5. The molecule has 9 heteroatoms. The number of hydrogen-bond acceptors (Lipinski definition) is 6. The number of aryl methyl sites for hydroxylation is 1. The van der Waals surface area contributed by atoms with Crippen LogP contribution in [0.3, 0.4) is 0 Å². The first kappa shape index (κ1) is 26.3. The lowest BCUT2D eigenvalue weighted by Gasteiger charge is -2.19. The van der Waals surface area contributed by atoms with E-state index in [1.165, 1.54) is 11.8 Å². The zero-order valence-corrected chi connectivity index (χ0v) is 20.7. The summed E-state index contributed by atoms with van der Waals surface area (Å²) in [5.41, 5.74) is 3.33. The van der Waals surface area contributed by atoms with Crippen LogP contribution in [0.2, 0.25) is 0 Å². The number of hydrogen-bond donors (Lipinski definition) is 3. The smallest absolute Gasteiger partial charge is 0.407 e. The number of benzene rings is 2.